The molecule has 0 radical (unpaired) electrons. The van der Waals surface area contributed by atoms with Gasteiger partial charge >= 0.3 is 0 Å². The first kappa shape index (κ1) is 14.4. The van der Waals surface area contributed by atoms with Crippen LogP contribution in [0.3, 0.4) is 0 Å². The normalized spacial score (nSPS) is 35.6. The predicted molar refractivity (Wildman–Crippen MR) is 86.8 cm³/mol. The van der Waals surface area contributed by atoms with Crippen molar-refractivity contribution in [2.24, 2.45) is 5.92 Å². The molecule has 20 heavy (non-hydrogen) atoms. The van der Waals surface area contributed by atoms with E-state index in [1.54, 1.807) is 0 Å². The Morgan fingerprint density at radius 2 is 2.10 bits per heavy atom. The molecule has 3 aliphatic rings. The Morgan fingerprint density at radius 1 is 1.25 bits per heavy atom. The molecule has 1 aromatic rings. The second-order valence-corrected chi connectivity index (χ2v) is 6.85. The van der Waals surface area contributed by atoms with E-state index in [1.165, 1.54) is 56.2 Å². The van der Waals surface area contributed by atoms with E-state index in [0.29, 0.717) is 11.2 Å². The van der Waals surface area contributed by atoms with Gasteiger partial charge in [0.1, 0.15) is 5.75 Å². The van der Waals surface area contributed by atoms with E-state index < -0.39 is 0 Å². The highest BCUT2D eigenvalue weighted by molar-refractivity contribution is 8.93. The Morgan fingerprint density at radius 3 is 2.95 bits per heavy atom. The number of hydrogen-bond donors (Lipinski definition) is 1. The summed E-state index contributed by atoms with van der Waals surface area (Å²) in [6.07, 6.45) is 7.93. The van der Waals surface area contributed by atoms with Crippen LogP contribution >= 0.6 is 17.0 Å². The number of halogens is 1. The summed E-state index contributed by atoms with van der Waals surface area (Å²) in [7, 11) is 2.30. The van der Waals surface area contributed by atoms with Crippen LogP contribution < -0.4 is 0 Å². The van der Waals surface area contributed by atoms with Gasteiger partial charge in [0, 0.05) is 11.5 Å². The third-order valence-corrected chi connectivity index (χ3v) is 6.10. The summed E-state index contributed by atoms with van der Waals surface area (Å²) in [6, 6.07) is 6.85. The van der Waals surface area contributed by atoms with Crippen LogP contribution in [0.4, 0.5) is 0 Å². The van der Waals surface area contributed by atoms with Gasteiger partial charge in [0.15, 0.2) is 0 Å². The first-order chi connectivity index (χ1) is 9.21. The van der Waals surface area contributed by atoms with Crippen LogP contribution in [0, 0.1) is 5.92 Å². The maximum atomic E-state index is 9.91. The fraction of sp³-hybridized carbons (Fsp3) is 0.647. The van der Waals surface area contributed by atoms with E-state index in [4.69, 9.17) is 0 Å². The standard InChI is InChI=1S/C17H23NO.BrH/c1-18-9-8-17-7-3-2-4-14(17)16(18)10-12-5-6-13(19)11-15(12)17;/h5-6,11,14,16,19H,2-4,7-10H2,1H3;1H/t14-,16+,17-;/m0./s1. The zero-order valence-electron chi connectivity index (χ0n) is 12.1. The molecule has 1 saturated carbocycles. The third-order valence-electron chi connectivity index (χ3n) is 6.10. The SMILES string of the molecule is Br.CN1CC[C@@]23CCCC[C@H]2[C@H]1Cc1ccc(O)cc13. The molecule has 2 bridgehead atoms. The first-order valence-electron chi connectivity index (χ1n) is 7.73. The molecule has 1 heterocycles. The lowest BCUT2D eigenvalue weighted by Crippen LogP contribution is -2.59. The van der Waals surface area contributed by atoms with Crippen molar-refractivity contribution in [1.82, 2.24) is 4.90 Å². The molecule has 1 saturated heterocycles. The molecule has 1 N–H and O–H groups in total. The van der Waals surface area contributed by atoms with Crippen molar-refractivity contribution in [2.45, 2.75) is 50.0 Å². The molecule has 1 aliphatic heterocycles. The van der Waals surface area contributed by atoms with Gasteiger partial charge in [-0.25, -0.2) is 0 Å². The third kappa shape index (κ3) is 1.86. The number of phenols is 1. The van der Waals surface area contributed by atoms with E-state index in [1.807, 2.05) is 6.07 Å². The van der Waals surface area contributed by atoms with E-state index in [2.05, 4.69) is 24.1 Å². The lowest BCUT2D eigenvalue weighted by atomic mass is 9.52. The highest BCUT2D eigenvalue weighted by atomic mass is 79.9. The number of hydrogen-bond acceptors (Lipinski definition) is 2. The first-order valence-corrected chi connectivity index (χ1v) is 7.73. The zero-order chi connectivity index (χ0) is 13.0. The van der Waals surface area contributed by atoms with Crippen molar-refractivity contribution in [2.75, 3.05) is 13.6 Å². The zero-order valence-corrected chi connectivity index (χ0v) is 13.9. The van der Waals surface area contributed by atoms with Crippen LogP contribution in [-0.2, 0) is 11.8 Å². The summed E-state index contributed by atoms with van der Waals surface area (Å²) in [5.41, 5.74) is 3.36. The smallest absolute Gasteiger partial charge is 0.115 e. The number of phenolic OH excluding ortho intramolecular Hbond substituents is 1. The Bertz CT molecular complexity index is 518. The number of nitrogens with zero attached hydrogens (tertiary/aromatic N) is 1. The predicted octanol–water partition coefficient (Wildman–Crippen LogP) is 3.66. The van der Waals surface area contributed by atoms with Crippen LogP contribution in [0.15, 0.2) is 18.2 Å². The number of likely N-dealkylation sites (tertiary alicyclic amines) is 1. The number of aromatic hydroxyl groups is 1. The molecular formula is C17H24BrNO. The quantitative estimate of drug-likeness (QED) is 0.780. The largest absolute Gasteiger partial charge is 0.508 e. The van der Waals surface area contributed by atoms with Gasteiger partial charge in [-0.3, -0.25) is 0 Å². The van der Waals surface area contributed by atoms with Gasteiger partial charge in [0.2, 0.25) is 0 Å². The van der Waals surface area contributed by atoms with Gasteiger partial charge in [-0.2, -0.15) is 0 Å². The molecule has 0 aromatic heterocycles. The number of likely N-dealkylation sites (N-methyl/N-ethyl adjacent to an activating group) is 1. The van der Waals surface area contributed by atoms with Crippen LogP contribution in [-0.4, -0.2) is 29.6 Å². The Kier molecular flexibility index (Phi) is 3.62. The summed E-state index contributed by atoms with van der Waals surface area (Å²) in [5, 5.41) is 9.91. The molecule has 4 rings (SSSR count). The second kappa shape index (κ2) is 5.03. The van der Waals surface area contributed by atoms with Crippen molar-refractivity contribution in [1.29, 1.82) is 0 Å². The average Bonchev–Trinajstić information content (AvgIpc) is 2.43. The van der Waals surface area contributed by atoms with Crippen LogP contribution in [0.1, 0.15) is 43.2 Å². The molecule has 110 valence electrons. The number of fused-ring (bicyclic) bond motifs is 1. The molecule has 2 nitrogen and oxygen atoms in total. The molecule has 1 aromatic carbocycles. The minimum Gasteiger partial charge on any atom is -0.508 e. The van der Waals surface area contributed by atoms with E-state index >= 15 is 0 Å². The van der Waals surface area contributed by atoms with Gasteiger partial charge in [0.05, 0.1) is 0 Å². The van der Waals surface area contributed by atoms with Crippen LogP contribution in [0.25, 0.3) is 0 Å². The molecule has 3 heteroatoms. The molecule has 0 spiro atoms. The van der Waals surface area contributed by atoms with Gasteiger partial charge < -0.3 is 10.0 Å². The summed E-state index contributed by atoms with van der Waals surface area (Å²) in [6.45, 7) is 1.22. The summed E-state index contributed by atoms with van der Waals surface area (Å²) in [5.74, 6) is 1.27. The fourth-order valence-corrected chi connectivity index (χ4v) is 5.18. The van der Waals surface area contributed by atoms with E-state index in [9.17, 15) is 5.11 Å². The summed E-state index contributed by atoms with van der Waals surface area (Å²) in [4.78, 5) is 2.59. The van der Waals surface area contributed by atoms with Crippen molar-refractivity contribution < 1.29 is 5.11 Å². The lowest BCUT2D eigenvalue weighted by molar-refractivity contribution is 0.00274. The van der Waals surface area contributed by atoms with Gasteiger partial charge in [0.25, 0.3) is 0 Å². The van der Waals surface area contributed by atoms with Crippen molar-refractivity contribution in [3.63, 3.8) is 0 Å². The minimum atomic E-state index is 0. The average molecular weight is 338 g/mol. The minimum absolute atomic E-state index is 0. The van der Waals surface area contributed by atoms with Crippen LogP contribution in [0.2, 0.25) is 0 Å². The molecule has 0 amide bonds. The van der Waals surface area contributed by atoms with Gasteiger partial charge in [-0.1, -0.05) is 18.9 Å². The maximum absolute atomic E-state index is 9.91. The second-order valence-electron chi connectivity index (χ2n) is 6.85. The van der Waals surface area contributed by atoms with E-state index in [0.717, 1.165) is 12.0 Å². The maximum Gasteiger partial charge on any atom is 0.115 e. The van der Waals surface area contributed by atoms with Crippen molar-refractivity contribution in [3.8, 4) is 5.75 Å². The monoisotopic (exact) mass is 337 g/mol. The van der Waals surface area contributed by atoms with Crippen LogP contribution in [0.5, 0.6) is 5.75 Å². The number of piperidine rings is 1. The summed E-state index contributed by atoms with van der Waals surface area (Å²) < 4.78 is 0. The van der Waals surface area contributed by atoms with E-state index in [-0.39, 0.29) is 17.0 Å². The Labute approximate surface area is 131 Å². The number of benzene rings is 1. The molecule has 2 fully saturated rings. The van der Waals surface area contributed by atoms with Crippen molar-refractivity contribution in [3.05, 3.63) is 29.3 Å². The lowest BCUT2D eigenvalue weighted by Gasteiger charge is -2.58. The Balaban J connectivity index is 0.00000121. The topological polar surface area (TPSA) is 23.5 Å². The summed E-state index contributed by atoms with van der Waals surface area (Å²) >= 11 is 0. The molecule has 0 unspecified atom stereocenters. The number of rotatable bonds is 0. The highest BCUT2D eigenvalue weighted by Gasteiger charge is 2.52. The van der Waals surface area contributed by atoms with Gasteiger partial charge in [-0.05, 0) is 68.5 Å². The fourth-order valence-electron chi connectivity index (χ4n) is 5.18. The molecule has 2 aliphatic carbocycles. The molecule has 3 atom stereocenters. The van der Waals surface area contributed by atoms with Gasteiger partial charge in [-0.15, -0.1) is 17.0 Å². The highest BCUT2D eigenvalue weighted by Crippen LogP contribution is 2.55. The molecular weight excluding hydrogens is 314 g/mol. The van der Waals surface area contributed by atoms with Crippen molar-refractivity contribution >= 4 is 17.0 Å². The Hall–Kier alpha value is -0.540.